The molecule has 0 bridgehead atoms. The zero-order valence-corrected chi connectivity index (χ0v) is 11.5. The van der Waals surface area contributed by atoms with Gasteiger partial charge in [0.2, 0.25) is 0 Å². The molecule has 2 aliphatic rings. The predicted octanol–water partition coefficient (Wildman–Crippen LogP) is 2.59. The summed E-state index contributed by atoms with van der Waals surface area (Å²) in [6.45, 7) is 14.7. The topological polar surface area (TPSA) is 6.48 Å². The van der Waals surface area contributed by atoms with Crippen molar-refractivity contribution in [3.63, 3.8) is 0 Å². The standard InChI is InChI=1S/C14H28N2/c1-12-10-16-8-5-6-13(16)11-15(12)9-7-14(2,3)4/h12-13H,5-11H2,1-4H3. The highest BCUT2D eigenvalue weighted by Crippen LogP contribution is 2.26. The lowest BCUT2D eigenvalue weighted by atomic mass is 9.91. The number of hydrogen-bond acceptors (Lipinski definition) is 2. The lowest BCUT2D eigenvalue weighted by Crippen LogP contribution is -2.55. The van der Waals surface area contributed by atoms with Gasteiger partial charge >= 0.3 is 0 Å². The number of rotatable bonds is 2. The SMILES string of the molecule is CC1CN2CCCC2CN1CCC(C)(C)C. The first kappa shape index (κ1) is 12.4. The second-order valence-corrected chi connectivity index (χ2v) is 6.95. The van der Waals surface area contributed by atoms with E-state index in [9.17, 15) is 0 Å². The van der Waals surface area contributed by atoms with Crippen molar-refractivity contribution in [2.24, 2.45) is 5.41 Å². The third kappa shape index (κ3) is 2.98. The fourth-order valence-electron chi connectivity index (χ4n) is 3.04. The van der Waals surface area contributed by atoms with Gasteiger partial charge in [-0.2, -0.15) is 0 Å². The number of fused-ring (bicyclic) bond motifs is 1. The van der Waals surface area contributed by atoms with Gasteiger partial charge in [-0.15, -0.1) is 0 Å². The maximum absolute atomic E-state index is 2.72. The molecule has 2 nitrogen and oxygen atoms in total. The molecule has 0 spiro atoms. The molecule has 94 valence electrons. The van der Waals surface area contributed by atoms with E-state index in [0.717, 1.165) is 12.1 Å². The van der Waals surface area contributed by atoms with E-state index in [2.05, 4.69) is 37.5 Å². The molecule has 0 N–H and O–H groups in total. The molecule has 0 aromatic rings. The van der Waals surface area contributed by atoms with Gasteiger partial charge in [-0.3, -0.25) is 9.80 Å². The Kier molecular flexibility index (Phi) is 3.60. The molecule has 0 amide bonds. The molecular formula is C14H28N2. The number of hydrogen-bond donors (Lipinski definition) is 0. The molecule has 2 heterocycles. The molecule has 2 atom stereocenters. The summed E-state index contributed by atoms with van der Waals surface area (Å²) in [7, 11) is 0. The van der Waals surface area contributed by atoms with Gasteiger partial charge in [0, 0.05) is 25.2 Å². The first-order valence-corrected chi connectivity index (χ1v) is 6.94. The lowest BCUT2D eigenvalue weighted by Gasteiger charge is -2.43. The van der Waals surface area contributed by atoms with Crippen molar-refractivity contribution in [1.29, 1.82) is 0 Å². The zero-order chi connectivity index (χ0) is 11.8. The van der Waals surface area contributed by atoms with E-state index in [1.165, 1.54) is 45.4 Å². The first-order chi connectivity index (χ1) is 7.46. The van der Waals surface area contributed by atoms with E-state index in [4.69, 9.17) is 0 Å². The van der Waals surface area contributed by atoms with E-state index in [1.54, 1.807) is 0 Å². The Balaban J connectivity index is 1.85. The average molecular weight is 224 g/mol. The minimum absolute atomic E-state index is 0.479. The average Bonchev–Trinajstić information content (AvgIpc) is 2.59. The second-order valence-electron chi connectivity index (χ2n) is 6.95. The normalized spacial score (nSPS) is 33.0. The van der Waals surface area contributed by atoms with Crippen LogP contribution in [0.4, 0.5) is 0 Å². The van der Waals surface area contributed by atoms with Crippen molar-refractivity contribution >= 4 is 0 Å². The summed E-state index contributed by atoms with van der Waals surface area (Å²) in [5.41, 5.74) is 0.479. The van der Waals surface area contributed by atoms with Crippen LogP contribution in [0.5, 0.6) is 0 Å². The van der Waals surface area contributed by atoms with Crippen molar-refractivity contribution in [1.82, 2.24) is 9.80 Å². The molecule has 2 saturated heterocycles. The molecule has 2 aliphatic heterocycles. The molecule has 2 fully saturated rings. The summed E-state index contributed by atoms with van der Waals surface area (Å²) in [4.78, 5) is 5.43. The van der Waals surface area contributed by atoms with Crippen molar-refractivity contribution in [2.75, 3.05) is 26.2 Å². The minimum atomic E-state index is 0.479. The monoisotopic (exact) mass is 224 g/mol. The van der Waals surface area contributed by atoms with Crippen LogP contribution in [0.25, 0.3) is 0 Å². The molecular weight excluding hydrogens is 196 g/mol. The van der Waals surface area contributed by atoms with Crippen LogP contribution in [-0.2, 0) is 0 Å². The van der Waals surface area contributed by atoms with Crippen molar-refractivity contribution < 1.29 is 0 Å². The van der Waals surface area contributed by atoms with Crippen molar-refractivity contribution in [3.8, 4) is 0 Å². The highest BCUT2D eigenvalue weighted by molar-refractivity contribution is 4.90. The summed E-state index contributed by atoms with van der Waals surface area (Å²) in [6.07, 6.45) is 4.17. The van der Waals surface area contributed by atoms with Gasteiger partial charge in [-0.1, -0.05) is 20.8 Å². The van der Waals surface area contributed by atoms with Crippen LogP contribution in [0.2, 0.25) is 0 Å². The Hall–Kier alpha value is -0.0800. The maximum Gasteiger partial charge on any atom is 0.0224 e. The van der Waals surface area contributed by atoms with E-state index in [0.29, 0.717) is 5.41 Å². The quantitative estimate of drug-likeness (QED) is 0.711. The Morgan fingerprint density at radius 1 is 1.19 bits per heavy atom. The van der Waals surface area contributed by atoms with Crippen LogP contribution in [0.3, 0.4) is 0 Å². The van der Waals surface area contributed by atoms with Crippen LogP contribution in [0.15, 0.2) is 0 Å². The Morgan fingerprint density at radius 3 is 2.62 bits per heavy atom. The van der Waals surface area contributed by atoms with Crippen molar-refractivity contribution in [3.05, 3.63) is 0 Å². The van der Waals surface area contributed by atoms with Crippen LogP contribution >= 0.6 is 0 Å². The molecule has 2 heteroatoms. The molecule has 0 saturated carbocycles. The lowest BCUT2D eigenvalue weighted by molar-refractivity contribution is 0.0521. The Bertz CT molecular complexity index is 231. The van der Waals surface area contributed by atoms with Crippen LogP contribution in [0, 0.1) is 5.41 Å². The summed E-state index contributed by atoms with van der Waals surface area (Å²) in [5, 5.41) is 0. The zero-order valence-electron chi connectivity index (χ0n) is 11.5. The van der Waals surface area contributed by atoms with Gasteiger partial charge in [0.1, 0.15) is 0 Å². The predicted molar refractivity (Wildman–Crippen MR) is 69.7 cm³/mol. The molecule has 0 aromatic carbocycles. The molecule has 0 radical (unpaired) electrons. The smallest absolute Gasteiger partial charge is 0.0224 e. The fraction of sp³-hybridized carbons (Fsp3) is 1.00. The van der Waals surface area contributed by atoms with Gasteiger partial charge in [0.25, 0.3) is 0 Å². The third-order valence-corrected chi connectivity index (χ3v) is 4.22. The minimum Gasteiger partial charge on any atom is -0.298 e. The first-order valence-electron chi connectivity index (χ1n) is 6.94. The molecule has 2 rings (SSSR count). The van der Waals surface area contributed by atoms with E-state index in [1.807, 2.05) is 0 Å². The molecule has 0 aliphatic carbocycles. The molecule has 16 heavy (non-hydrogen) atoms. The summed E-state index contributed by atoms with van der Waals surface area (Å²) >= 11 is 0. The van der Waals surface area contributed by atoms with Gasteiger partial charge < -0.3 is 0 Å². The third-order valence-electron chi connectivity index (χ3n) is 4.22. The maximum atomic E-state index is 2.72. The van der Waals surface area contributed by atoms with Crippen LogP contribution in [-0.4, -0.2) is 48.1 Å². The Labute approximate surface area is 101 Å². The Morgan fingerprint density at radius 2 is 1.94 bits per heavy atom. The van der Waals surface area contributed by atoms with Gasteiger partial charge in [-0.05, 0) is 44.7 Å². The van der Waals surface area contributed by atoms with Crippen LogP contribution < -0.4 is 0 Å². The number of nitrogens with zero attached hydrogens (tertiary/aromatic N) is 2. The highest BCUT2D eigenvalue weighted by Gasteiger charge is 2.34. The van der Waals surface area contributed by atoms with Crippen molar-refractivity contribution in [2.45, 2.75) is 59.0 Å². The van der Waals surface area contributed by atoms with Gasteiger partial charge in [-0.25, -0.2) is 0 Å². The van der Waals surface area contributed by atoms with Crippen LogP contribution in [0.1, 0.15) is 47.0 Å². The number of piperazine rings is 1. The van der Waals surface area contributed by atoms with Gasteiger partial charge in [0.05, 0.1) is 0 Å². The van der Waals surface area contributed by atoms with Gasteiger partial charge in [0.15, 0.2) is 0 Å². The van der Waals surface area contributed by atoms with E-state index >= 15 is 0 Å². The van der Waals surface area contributed by atoms with E-state index in [-0.39, 0.29) is 0 Å². The van der Waals surface area contributed by atoms with E-state index < -0.39 is 0 Å². The largest absolute Gasteiger partial charge is 0.298 e. The molecule has 0 aromatic heterocycles. The summed E-state index contributed by atoms with van der Waals surface area (Å²) in [6, 6.07) is 1.63. The second kappa shape index (κ2) is 4.66. The highest BCUT2D eigenvalue weighted by atomic mass is 15.3. The molecule has 2 unspecified atom stereocenters. The summed E-state index contributed by atoms with van der Waals surface area (Å²) < 4.78 is 0. The summed E-state index contributed by atoms with van der Waals surface area (Å²) in [5.74, 6) is 0. The fourth-order valence-corrected chi connectivity index (χ4v) is 3.04.